The fraction of sp³-hybridized carbons (Fsp3) is 0.0833. The predicted molar refractivity (Wildman–Crippen MR) is 60.6 cm³/mol. The molecule has 1 heterocycles. The van der Waals surface area contributed by atoms with E-state index in [-0.39, 0.29) is 5.91 Å². The maximum atomic E-state index is 11.0. The van der Waals surface area contributed by atoms with E-state index in [1.807, 2.05) is 18.2 Å². The second kappa shape index (κ2) is 4.10. The van der Waals surface area contributed by atoms with Crippen LogP contribution in [-0.2, 0) is 4.79 Å². The molecule has 0 saturated carbocycles. The predicted octanol–water partition coefficient (Wildman–Crippen LogP) is 1.96. The molecular weight excluding hydrogens is 204 g/mol. The lowest BCUT2D eigenvalue weighted by Crippen LogP contribution is -2.07. The van der Waals surface area contributed by atoms with Crippen LogP contribution in [0.4, 0.5) is 5.82 Å². The van der Waals surface area contributed by atoms with Gasteiger partial charge in [0.25, 0.3) is 0 Å². The number of nitrogens with one attached hydrogen (secondary N) is 1. The van der Waals surface area contributed by atoms with E-state index < -0.39 is 0 Å². The van der Waals surface area contributed by atoms with Crippen LogP contribution in [0.3, 0.4) is 0 Å². The van der Waals surface area contributed by atoms with Gasteiger partial charge in [0, 0.05) is 12.5 Å². The van der Waals surface area contributed by atoms with Gasteiger partial charge in [-0.05, 0) is 6.07 Å². The molecule has 0 fully saturated rings. The number of hydrogen-bond acceptors (Lipinski definition) is 3. The quantitative estimate of drug-likeness (QED) is 0.777. The van der Waals surface area contributed by atoms with Gasteiger partial charge in [-0.3, -0.25) is 9.59 Å². The first-order valence-electron chi connectivity index (χ1n) is 4.84. The zero-order valence-corrected chi connectivity index (χ0v) is 8.73. The molecule has 0 saturated heterocycles. The number of carbonyl (C=O) groups excluding carboxylic acids is 2. The van der Waals surface area contributed by atoms with Crippen LogP contribution >= 0.6 is 0 Å². The van der Waals surface area contributed by atoms with Crippen molar-refractivity contribution in [2.24, 2.45) is 0 Å². The second-order valence-electron chi connectivity index (χ2n) is 3.38. The highest BCUT2D eigenvalue weighted by Crippen LogP contribution is 2.29. The molecule has 0 bridgehead atoms. The lowest BCUT2D eigenvalue weighted by molar-refractivity contribution is -0.114. The molecule has 1 amide bonds. The van der Waals surface area contributed by atoms with Gasteiger partial charge in [-0.2, -0.15) is 0 Å². The molecule has 2 aliphatic rings. The monoisotopic (exact) mass is 214 g/mol. The Morgan fingerprint density at radius 2 is 2.06 bits per heavy atom. The molecule has 1 aliphatic carbocycles. The maximum absolute atomic E-state index is 11.0. The molecule has 0 aromatic carbocycles. The Balaban J connectivity index is 2.62. The van der Waals surface area contributed by atoms with Crippen LogP contribution in [0, 0.1) is 0 Å². The Morgan fingerprint density at radius 1 is 1.31 bits per heavy atom. The third-order valence-corrected chi connectivity index (χ3v) is 2.20. The van der Waals surface area contributed by atoms with E-state index in [0.717, 1.165) is 5.56 Å². The molecule has 80 valence electrons. The van der Waals surface area contributed by atoms with Gasteiger partial charge < -0.3 is 5.32 Å². The van der Waals surface area contributed by atoms with E-state index in [0.29, 0.717) is 23.4 Å². The van der Waals surface area contributed by atoms with Crippen molar-refractivity contribution in [1.29, 1.82) is 0 Å². The molecule has 0 aromatic heterocycles. The number of nitrogens with zero attached hydrogens (tertiary/aromatic N) is 1. The molecule has 0 radical (unpaired) electrons. The summed E-state index contributed by atoms with van der Waals surface area (Å²) in [5.41, 5.74) is 1.85. The van der Waals surface area contributed by atoms with Crippen molar-refractivity contribution in [3.8, 4) is 11.3 Å². The Kier molecular flexibility index (Phi) is 2.64. The number of carbonyl (C=O) groups is 2. The normalized spacial score (nSPS) is 10.1. The topological polar surface area (TPSA) is 59.1 Å². The minimum Gasteiger partial charge on any atom is -0.310 e. The molecule has 16 heavy (non-hydrogen) atoms. The van der Waals surface area contributed by atoms with Crippen LogP contribution < -0.4 is 5.32 Å². The van der Waals surface area contributed by atoms with Crippen LogP contribution in [0.2, 0.25) is 0 Å². The summed E-state index contributed by atoms with van der Waals surface area (Å²) >= 11 is 0. The van der Waals surface area contributed by atoms with Gasteiger partial charge >= 0.3 is 0 Å². The van der Waals surface area contributed by atoms with Crippen molar-refractivity contribution >= 4 is 18.0 Å². The minimum absolute atomic E-state index is 0.240. The smallest absolute Gasteiger partial charge is 0.222 e. The van der Waals surface area contributed by atoms with Crippen LogP contribution in [0.5, 0.6) is 0 Å². The summed E-state index contributed by atoms with van der Waals surface area (Å²) in [6.45, 7) is 1.38. The van der Waals surface area contributed by atoms with E-state index >= 15 is 0 Å². The average Bonchev–Trinajstić information content (AvgIpc) is 2.42. The molecule has 1 N–H and O–H groups in total. The summed E-state index contributed by atoms with van der Waals surface area (Å²) in [6.07, 6.45) is 0.709. The van der Waals surface area contributed by atoms with Crippen molar-refractivity contribution in [2.45, 2.75) is 6.92 Å². The van der Waals surface area contributed by atoms with Gasteiger partial charge in [-0.25, -0.2) is 4.98 Å². The first-order valence-corrected chi connectivity index (χ1v) is 4.84. The number of aromatic nitrogens is 1. The van der Waals surface area contributed by atoms with Crippen LogP contribution in [0.15, 0.2) is 30.3 Å². The third kappa shape index (κ3) is 1.77. The van der Waals surface area contributed by atoms with E-state index in [1.54, 1.807) is 12.1 Å². The Hall–Kier alpha value is -2.23. The number of hydrogen-bond donors (Lipinski definition) is 1. The van der Waals surface area contributed by atoms with E-state index in [9.17, 15) is 9.59 Å². The third-order valence-electron chi connectivity index (χ3n) is 2.20. The highest BCUT2D eigenvalue weighted by molar-refractivity contribution is 6.00. The van der Waals surface area contributed by atoms with Crippen molar-refractivity contribution in [2.75, 3.05) is 5.32 Å². The lowest BCUT2D eigenvalue weighted by atomic mass is 10.1. The van der Waals surface area contributed by atoms with E-state index in [4.69, 9.17) is 0 Å². The van der Waals surface area contributed by atoms with Gasteiger partial charge in [-0.1, -0.05) is 24.3 Å². The molecule has 0 atom stereocenters. The van der Waals surface area contributed by atoms with Crippen molar-refractivity contribution in [1.82, 2.24) is 4.98 Å². The molecule has 0 spiro atoms. The molecule has 4 nitrogen and oxygen atoms in total. The summed E-state index contributed by atoms with van der Waals surface area (Å²) in [6, 6.07) is 9.12. The highest BCUT2D eigenvalue weighted by Gasteiger charge is 2.16. The van der Waals surface area contributed by atoms with Gasteiger partial charge in [0.05, 0.1) is 11.3 Å². The molecule has 0 aromatic rings. The van der Waals surface area contributed by atoms with Crippen molar-refractivity contribution in [3.05, 3.63) is 35.9 Å². The first-order chi connectivity index (χ1) is 7.72. The largest absolute Gasteiger partial charge is 0.310 e. The lowest BCUT2D eigenvalue weighted by Gasteiger charge is -1.96. The fourth-order valence-corrected chi connectivity index (χ4v) is 1.55. The van der Waals surface area contributed by atoms with E-state index in [1.165, 1.54) is 6.92 Å². The second-order valence-corrected chi connectivity index (χ2v) is 3.38. The average molecular weight is 214 g/mol. The number of rotatable bonds is 2. The molecule has 0 unspecified atom stereocenters. The standard InChI is InChI=1S/C12H10N2O2/c1-8(16)13-12-10(7-15)9-5-3-2-4-6-11(9)14-12/h2-7H,1H3,(H,13,14,16). The zero-order valence-electron chi connectivity index (χ0n) is 8.73. The zero-order chi connectivity index (χ0) is 11.5. The first kappa shape index (κ1) is 10.3. The molecule has 4 heteroatoms. The number of amides is 1. The molecular formula is C12H10N2O2. The van der Waals surface area contributed by atoms with Gasteiger partial charge in [0.1, 0.15) is 5.82 Å². The Labute approximate surface area is 92.7 Å². The van der Waals surface area contributed by atoms with Gasteiger partial charge in [0.2, 0.25) is 5.91 Å². The Morgan fingerprint density at radius 3 is 2.75 bits per heavy atom. The van der Waals surface area contributed by atoms with Crippen LogP contribution in [0.25, 0.3) is 11.3 Å². The van der Waals surface area contributed by atoms with Crippen molar-refractivity contribution in [3.63, 3.8) is 0 Å². The van der Waals surface area contributed by atoms with Crippen molar-refractivity contribution < 1.29 is 9.59 Å². The highest BCUT2D eigenvalue weighted by atomic mass is 16.1. The van der Waals surface area contributed by atoms with Gasteiger partial charge in [-0.15, -0.1) is 0 Å². The summed E-state index contributed by atoms with van der Waals surface area (Å²) in [4.78, 5) is 26.1. The van der Waals surface area contributed by atoms with Gasteiger partial charge in [0.15, 0.2) is 6.29 Å². The molecule has 1 aliphatic heterocycles. The molecule has 2 rings (SSSR count). The summed E-state index contributed by atoms with van der Waals surface area (Å²) < 4.78 is 0. The minimum atomic E-state index is -0.240. The summed E-state index contributed by atoms with van der Waals surface area (Å²) in [7, 11) is 0. The Bertz CT molecular complexity index is 523. The maximum Gasteiger partial charge on any atom is 0.222 e. The fourth-order valence-electron chi connectivity index (χ4n) is 1.55. The van der Waals surface area contributed by atoms with E-state index in [2.05, 4.69) is 10.3 Å². The summed E-state index contributed by atoms with van der Waals surface area (Å²) in [5.74, 6) is 0.0824. The number of aldehydes is 1. The number of anilines is 1. The van der Waals surface area contributed by atoms with Crippen LogP contribution in [0.1, 0.15) is 17.3 Å². The summed E-state index contributed by atoms with van der Waals surface area (Å²) in [5, 5.41) is 2.54. The van der Waals surface area contributed by atoms with Crippen LogP contribution in [-0.4, -0.2) is 17.2 Å². The SMILES string of the molecule is CC(=O)Nc1nc2cccccc-2c1C=O. The number of fused-ring (bicyclic) bond motifs is 1.